The summed E-state index contributed by atoms with van der Waals surface area (Å²) in [5, 5.41) is 0. The number of likely N-dealkylation sites (tertiary alicyclic amines) is 2. The summed E-state index contributed by atoms with van der Waals surface area (Å²) >= 11 is 0. The van der Waals surface area contributed by atoms with Crippen LogP contribution < -0.4 is 0 Å². The minimum absolute atomic E-state index is 0.0369. The molecule has 4 aliphatic rings. The first kappa shape index (κ1) is 28.4. The number of nitrogens with zero attached hydrogens (tertiary/aromatic N) is 3. The number of hydrogen-bond donors (Lipinski definition) is 0. The van der Waals surface area contributed by atoms with Gasteiger partial charge in [0.1, 0.15) is 12.4 Å². The zero-order valence-corrected chi connectivity index (χ0v) is 24.5. The molecule has 7 heteroatoms. The molecule has 2 atom stereocenters. The van der Waals surface area contributed by atoms with Gasteiger partial charge in [-0.3, -0.25) is 9.69 Å². The van der Waals surface area contributed by atoms with Gasteiger partial charge in [0, 0.05) is 44.1 Å². The number of piperidine rings is 2. The fraction of sp³-hybridized carbons (Fsp3) is 0.750. The number of hydrogen-bond acceptors (Lipinski definition) is 4. The van der Waals surface area contributed by atoms with Gasteiger partial charge in [0.05, 0.1) is 5.54 Å². The maximum absolute atomic E-state index is 14.1. The Kier molecular flexibility index (Phi) is 8.28. The predicted octanol–water partition coefficient (Wildman–Crippen LogP) is 6.06. The third kappa shape index (κ3) is 5.84. The van der Waals surface area contributed by atoms with E-state index < -0.39 is 0 Å². The van der Waals surface area contributed by atoms with Crippen molar-refractivity contribution < 1.29 is 18.7 Å². The van der Waals surface area contributed by atoms with Crippen LogP contribution >= 0.6 is 0 Å². The molecule has 0 spiro atoms. The van der Waals surface area contributed by atoms with E-state index in [0.717, 1.165) is 57.5 Å². The van der Waals surface area contributed by atoms with Gasteiger partial charge >= 0.3 is 6.09 Å². The highest BCUT2D eigenvalue weighted by Crippen LogP contribution is 2.48. The van der Waals surface area contributed by atoms with E-state index in [2.05, 4.69) is 37.5 Å². The maximum Gasteiger partial charge on any atom is 0.410 e. The smallest absolute Gasteiger partial charge is 0.410 e. The Morgan fingerprint density at radius 1 is 1.03 bits per heavy atom. The zero-order valence-electron chi connectivity index (χ0n) is 24.5. The van der Waals surface area contributed by atoms with Crippen LogP contribution in [-0.4, -0.2) is 77.6 Å². The largest absolute Gasteiger partial charge is 0.447 e. The SMILES string of the molecule is CC(C)N1CCC(C(=O)N2CCC(CN3C(=O)OCC3(C)C)(C3CCCCC3)CC2)[C@H](c2ccc(F)cc2)C1. The van der Waals surface area contributed by atoms with E-state index in [1.54, 1.807) is 0 Å². The van der Waals surface area contributed by atoms with Crippen molar-refractivity contribution in [2.45, 2.75) is 96.6 Å². The summed E-state index contributed by atoms with van der Waals surface area (Å²) in [5.41, 5.74) is 0.802. The Morgan fingerprint density at radius 2 is 1.69 bits per heavy atom. The third-order valence-electron chi connectivity index (χ3n) is 10.5. The molecule has 5 rings (SSSR count). The molecule has 1 unspecified atom stereocenters. The minimum Gasteiger partial charge on any atom is -0.447 e. The Hall–Kier alpha value is -2.15. The second-order valence-corrected chi connectivity index (χ2v) is 13.6. The van der Waals surface area contributed by atoms with Crippen molar-refractivity contribution in [2.24, 2.45) is 17.3 Å². The van der Waals surface area contributed by atoms with Crippen molar-refractivity contribution in [3.63, 3.8) is 0 Å². The normalized spacial score (nSPS) is 28.1. The first-order chi connectivity index (χ1) is 18.6. The van der Waals surface area contributed by atoms with Crippen molar-refractivity contribution in [1.29, 1.82) is 0 Å². The highest BCUT2D eigenvalue weighted by molar-refractivity contribution is 5.80. The van der Waals surface area contributed by atoms with Crippen LogP contribution in [0.3, 0.4) is 0 Å². The summed E-state index contributed by atoms with van der Waals surface area (Å²) in [6, 6.07) is 7.19. The second kappa shape index (κ2) is 11.4. The molecule has 1 saturated carbocycles. The fourth-order valence-electron chi connectivity index (χ4n) is 7.84. The summed E-state index contributed by atoms with van der Waals surface area (Å²) in [6.07, 6.45) is 8.78. The van der Waals surface area contributed by atoms with E-state index in [4.69, 9.17) is 4.74 Å². The number of ether oxygens (including phenoxy) is 1. The van der Waals surface area contributed by atoms with Crippen molar-refractivity contribution in [3.05, 3.63) is 35.6 Å². The van der Waals surface area contributed by atoms with Crippen LogP contribution in [0, 0.1) is 23.1 Å². The summed E-state index contributed by atoms with van der Waals surface area (Å²) < 4.78 is 19.2. The van der Waals surface area contributed by atoms with Gasteiger partial charge in [-0.05, 0) is 95.4 Å². The quantitative estimate of drug-likeness (QED) is 0.439. The van der Waals surface area contributed by atoms with E-state index in [-0.39, 0.29) is 40.6 Å². The molecule has 0 N–H and O–H groups in total. The summed E-state index contributed by atoms with van der Waals surface area (Å²) in [5.74, 6) is 0.595. The van der Waals surface area contributed by atoms with Gasteiger partial charge in [0.2, 0.25) is 5.91 Å². The third-order valence-corrected chi connectivity index (χ3v) is 10.5. The standard InChI is InChI=1S/C32H48FN3O3/c1-23(2)35-17-14-27(28(20-35)24-10-12-26(33)13-11-24)29(37)34-18-15-32(16-19-34,25-8-6-5-7-9-25)21-36-30(38)39-22-31(36,3)4/h10-13,23,25,27-28H,5-9,14-22H2,1-4H3/t27?,28-/m0/s1. The average Bonchev–Trinajstić information content (AvgIpc) is 3.20. The van der Waals surface area contributed by atoms with E-state index in [1.807, 2.05) is 17.0 Å². The topological polar surface area (TPSA) is 53.1 Å². The molecule has 0 aromatic heterocycles. The van der Waals surface area contributed by atoms with E-state index in [1.165, 1.54) is 44.2 Å². The van der Waals surface area contributed by atoms with Crippen LogP contribution in [0.5, 0.6) is 0 Å². The number of halogens is 1. The van der Waals surface area contributed by atoms with Crippen LogP contribution in [0.25, 0.3) is 0 Å². The Balaban J connectivity index is 1.33. The zero-order chi connectivity index (χ0) is 27.8. The number of amides is 2. The summed E-state index contributed by atoms with van der Waals surface area (Å²) in [6.45, 7) is 13.0. The fourth-order valence-corrected chi connectivity index (χ4v) is 7.84. The molecule has 3 heterocycles. The van der Waals surface area contributed by atoms with E-state index >= 15 is 0 Å². The Morgan fingerprint density at radius 3 is 2.28 bits per heavy atom. The lowest BCUT2D eigenvalue weighted by atomic mass is 9.63. The van der Waals surface area contributed by atoms with Gasteiger partial charge in [-0.1, -0.05) is 31.4 Å². The lowest BCUT2D eigenvalue weighted by Crippen LogP contribution is -2.56. The van der Waals surface area contributed by atoms with Crippen molar-refractivity contribution >= 4 is 12.0 Å². The minimum atomic E-state index is -0.293. The van der Waals surface area contributed by atoms with Gasteiger partial charge in [0.15, 0.2) is 0 Å². The van der Waals surface area contributed by atoms with Gasteiger partial charge in [0.25, 0.3) is 0 Å². The van der Waals surface area contributed by atoms with E-state index in [0.29, 0.717) is 18.6 Å². The first-order valence-electron chi connectivity index (χ1n) is 15.3. The molecule has 39 heavy (non-hydrogen) atoms. The second-order valence-electron chi connectivity index (χ2n) is 13.6. The van der Waals surface area contributed by atoms with Crippen LogP contribution in [0.1, 0.15) is 90.5 Å². The van der Waals surface area contributed by atoms with Crippen LogP contribution in [-0.2, 0) is 9.53 Å². The van der Waals surface area contributed by atoms with Gasteiger partial charge < -0.3 is 14.5 Å². The lowest BCUT2D eigenvalue weighted by Gasteiger charge is -2.51. The highest BCUT2D eigenvalue weighted by atomic mass is 19.1. The molecule has 4 fully saturated rings. The van der Waals surface area contributed by atoms with Crippen LogP contribution in [0.4, 0.5) is 9.18 Å². The molecule has 1 aliphatic carbocycles. The molecule has 0 bridgehead atoms. The Labute approximate surface area is 234 Å². The molecular weight excluding hydrogens is 493 g/mol. The molecule has 3 saturated heterocycles. The molecule has 0 radical (unpaired) electrons. The van der Waals surface area contributed by atoms with Crippen molar-refractivity contribution in [1.82, 2.24) is 14.7 Å². The summed E-state index contributed by atoms with van der Waals surface area (Å²) in [7, 11) is 0. The van der Waals surface area contributed by atoms with E-state index in [9.17, 15) is 14.0 Å². The van der Waals surface area contributed by atoms with Crippen LogP contribution in [0.15, 0.2) is 24.3 Å². The van der Waals surface area contributed by atoms with Crippen LogP contribution in [0.2, 0.25) is 0 Å². The van der Waals surface area contributed by atoms with Gasteiger partial charge in [-0.2, -0.15) is 0 Å². The molecular formula is C32H48FN3O3. The molecule has 3 aliphatic heterocycles. The maximum atomic E-state index is 14.1. The highest BCUT2D eigenvalue weighted by Gasteiger charge is 2.50. The number of benzene rings is 1. The Bertz CT molecular complexity index is 1010. The first-order valence-corrected chi connectivity index (χ1v) is 15.3. The summed E-state index contributed by atoms with van der Waals surface area (Å²) in [4.78, 5) is 33.4. The van der Waals surface area contributed by atoms with Crippen molar-refractivity contribution in [3.8, 4) is 0 Å². The molecule has 1 aromatic carbocycles. The number of cyclic esters (lactones) is 1. The van der Waals surface area contributed by atoms with Gasteiger partial charge in [-0.25, -0.2) is 9.18 Å². The number of carbonyl (C=O) groups excluding carboxylic acids is 2. The molecule has 6 nitrogen and oxygen atoms in total. The molecule has 1 aromatic rings. The molecule has 216 valence electrons. The van der Waals surface area contributed by atoms with Gasteiger partial charge in [-0.15, -0.1) is 0 Å². The molecule has 2 amide bonds. The van der Waals surface area contributed by atoms with Crippen molar-refractivity contribution in [2.75, 3.05) is 39.3 Å². The number of carbonyl (C=O) groups is 2. The predicted molar refractivity (Wildman–Crippen MR) is 151 cm³/mol. The lowest BCUT2D eigenvalue weighted by molar-refractivity contribution is -0.142. The average molecular weight is 542 g/mol. The monoisotopic (exact) mass is 541 g/mol. The number of rotatable bonds is 6.